The molecule has 40 heavy (non-hydrogen) atoms. The largest absolute Gasteiger partial charge is 0.497 e. The van der Waals surface area contributed by atoms with E-state index in [1.807, 2.05) is 74.5 Å². The first kappa shape index (κ1) is 29.1. The minimum absolute atomic E-state index is 0.0322. The molecule has 0 aliphatic carbocycles. The first-order valence-electron chi connectivity index (χ1n) is 14.0. The fourth-order valence-corrected chi connectivity index (χ4v) is 5.00. The van der Waals surface area contributed by atoms with Gasteiger partial charge in [0.05, 0.1) is 19.3 Å². The first-order valence-corrected chi connectivity index (χ1v) is 14.0. The summed E-state index contributed by atoms with van der Waals surface area (Å²) >= 11 is 0. The molecule has 0 aromatic heterocycles. The fourth-order valence-electron chi connectivity index (χ4n) is 5.00. The topological polar surface area (TPSA) is 103 Å². The molecule has 3 aromatic rings. The number of anilines is 2. The highest BCUT2D eigenvalue weighted by Gasteiger charge is 2.26. The van der Waals surface area contributed by atoms with E-state index in [9.17, 15) is 14.7 Å². The summed E-state index contributed by atoms with van der Waals surface area (Å²) in [6.07, 6.45) is 0.930. The number of carbonyl (C=O) groups is 2. The molecule has 8 heteroatoms. The maximum atomic E-state index is 13.6. The van der Waals surface area contributed by atoms with Crippen LogP contribution in [0, 0.1) is 0 Å². The summed E-state index contributed by atoms with van der Waals surface area (Å²) in [5.74, 6) is 0.540. The van der Waals surface area contributed by atoms with Gasteiger partial charge in [-0.25, -0.2) is 0 Å². The number of carbonyl (C=O) groups excluding carboxylic acids is 2. The van der Waals surface area contributed by atoms with Gasteiger partial charge in [-0.2, -0.15) is 0 Å². The van der Waals surface area contributed by atoms with Crippen molar-refractivity contribution in [3.05, 3.63) is 89.5 Å². The van der Waals surface area contributed by atoms with E-state index in [1.54, 1.807) is 24.1 Å². The van der Waals surface area contributed by atoms with Gasteiger partial charge in [-0.05, 0) is 68.1 Å². The van der Waals surface area contributed by atoms with Crippen LogP contribution in [0.15, 0.2) is 72.8 Å². The average Bonchev–Trinajstić information content (AvgIpc) is 3.41. The molecule has 1 unspecified atom stereocenters. The molecule has 1 heterocycles. The number of aliphatic hydroxyl groups is 1. The summed E-state index contributed by atoms with van der Waals surface area (Å²) < 4.78 is 5.34. The van der Waals surface area contributed by atoms with Gasteiger partial charge in [0.1, 0.15) is 5.75 Å². The molecule has 0 spiro atoms. The normalized spacial score (nSPS) is 15.4. The average molecular weight is 545 g/mol. The number of nitrogens with zero attached hydrogens (tertiary/aromatic N) is 1. The van der Waals surface area contributed by atoms with Crippen molar-refractivity contribution in [2.24, 2.45) is 0 Å². The van der Waals surface area contributed by atoms with Crippen LogP contribution in [-0.4, -0.2) is 55.8 Å². The summed E-state index contributed by atoms with van der Waals surface area (Å²) in [7, 11) is 1.64. The summed E-state index contributed by atoms with van der Waals surface area (Å²) in [5.41, 5.74) is 3.98. The third kappa shape index (κ3) is 7.61. The van der Waals surface area contributed by atoms with E-state index in [0.29, 0.717) is 37.2 Å². The van der Waals surface area contributed by atoms with Crippen LogP contribution in [0.3, 0.4) is 0 Å². The van der Waals surface area contributed by atoms with E-state index < -0.39 is 12.1 Å². The summed E-state index contributed by atoms with van der Waals surface area (Å²) in [6.45, 7) is 5.62. The van der Waals surface area contributed by atoms with Gasteiger partial charge in [-0.15, -0.1) is 0 Å². The molecule has 3 aromatic carbocycles. The molecule has 4 rings (SSSR count). The van der Waals surface area contributed by atoms with Crippen LogP contribution in [0.25, 0.3) is 0 Å². The Balaban J connectivity index is 1.52. The van der Waals surface area contributed by atoms with Crippen molar-refractivity contribution in [2.75, 3.05) is 37.0 Å². The quantitative estimate of drug-likeness (QED) is 0.256. The van der Waals surface area contributed by atoms with Crippen molar-refractivity contribution in [3.8, 4) is 5.75 Å². The SMILES string of the molecule is CCNc1cc(C(=O)NC(Cc2ccccc2)[C@H](O)CN[C@@H](C)c2cccc(OC)c2)cc(N2CCCC2=O)c1. The van der Waals surface area contributed by atoms with Crippen molar-refractivity contribution < 1.29 is 19.4 Å². The maximum Gasteiger partial charge on any atom is 0.251 e. The van der Waals surface area contributed by atoms with Gasteiger partial charge in [0.2, 0.25) is 5.91 Å². The zero-order valence-corrected chi connectivity index (χ0v) is 23.5. The van der Waals surface area contributed by atoms with E-state index in [2.05, 4.69) is 16.0 Å². The van der Waals surface area contributed by atoms with Crippen LogP contribution in [0.2, 0.25) is 0 Å². The van der Waals surface area contributed by atoms with E-state index in [-0.39, 0.29) is 24.4 Å². The zero-order chi connectivity index (χ0) is 28.5. The van der Waals surface area contributed by atoms with Crippen molar-refractivity contribution in [2.45, 2.75) is 51.3 Å². The molecule has 0 radical (unpaired) electrons. The molecule has 0 saturated carbocycles. The van der Waals surface area contributed by atoms with Crippen molar-refractivity contribution in [3.63, 3.8) is 0 Å². The molecule has 1 aliphatic heterocycles. The Bertz CT molecular complexity index is 1280. The number of amides is 2. The van der Waals surface area contributed by atoms with Gasteiger partial charge in [0.15, 0.2) is 0 Å². The third-order valence-corrected chi connectivity index (χ3v) is 7.25. The number of hydrogen-bond acceptors (Lipinski definition) is 6. The molecule has 0 bridgehead atoms. The first-order chi connectivity index (χ1) is 19.4. The molecular weight excluding hydrogens is 504 g/mol. The summed E-state index contributed by atoms with van der Waals surface area (Å²) in [4.78, 5) is 27.7. The lowest BCUT2D eigenvalue weighted by Gasteiger charge is -2.27. The molecule has 2 amide bonds. The monoisotopic (exact) mass is 544 g/mol. The van der Waals surface area contributed by atoms with Crippen LogP contribution < -0.4 is 25.6 Å². The molecule has 3 atom stereocenters. The second-order valence-corrected chi connectivity index (χ2v) is 10.2. The van der Waals surface area contributed by atoms with Crippen LogP contribution >= 0.6 is 0 Å². The number of hydrogen-bond donors (Lipinski definition) is 4. The Morgan fingerprint density at radius 1 is 1.07 bits per heavy atom. The van der Waals surface area contributed by atoms with Crippen LogP contribution in [0.5, 0.6) is 5.75 Å². The number of rotatable bonds is 13. The fraction of sp³-hybridized carbons (Fsp3) is 0.375. The van der Waals surface area contributed by atoms with Crippen LogP contribution in [0.1, 0.15) is 54.2 Å². The number of ether oxygens (including phenoxy) is 1. The molecule has 8 nitrogen and oxygen atoms in total. The van der Waals surface area contributed by atoms with Gasteiger partial charge in [-0.3, -0.25) is 9.59 Å². The van der Waals surface area contributed by atoms with Gasteiger partial charge in [0, 0.05) is 49.0 Å². The van der Waals surface area contributed by atoms with Gasteiger partial charge in [0.25, 0.3) is 5.91 Å². The number of nitrogens with one attached hydrogen (secondary N) is 3. The predicted molar refractivity (Wildman–Crippen MR) is 159 cm³/mol. The van der Waals surface area contributed by atoms with E-state index in [1.165, 1.54) is 0 Å². The Morgan fingerprint density at radius 2 is 1.88 bits per heavy atom. The van der Waals surface area contributed by atoms with Crippen molar-refractivity contribution >= 4 is 23.2 Å². The van der Waals surface area contributed by atoms with Crippen LogP contribution in [0.4, 0.5) is 11.4 Å². The molecule has 212 valence electrons. The van der Waals surface area contributed by atoms with E-state index in [0.717, 1.165) is 29.0 Å². The molecular formula is C32H40N4O4. The van der Waals surface area contributed by atoms with Gasteiger partial charge < -0.3 is 30.7 Å². The van der Waals surface area contributed by atoms with Gasteiger partial charge in [-0.1, -0.05) is 42.5 Å². The molecule has 1 saturated heterocycles. The van der Waals surface area contributed by atoms with E-state index in [4.69, 9.17) is 4.74 Å². The molecule has 1 fully saturated rings. The highest BCUT2D eigenvalue weighted by atomic mass is 16.5. The number of methoxy groups -OCH3 is 1. The highest BCUT2D eigenvalue weighted by Crippen LogP contribution is 2.27. The lowest BCUT2D eigenvalue weighted by atomic mass is 9.99. The lowest BCUT2D eigenvalue weighted by molar-refractivity contribution is -0.117. The highest BCUT2D eigenvalue weighted by molar-refractivity contribution is 6.00. The Kier molecular flexibility index (Phi) is 10.2. The molecule has 1 aliphatic rings. The van der Waals surface area contributed by atoms with Crippen molar-refractivity contribution in [1.82, 2.24) is 10.6 Å². The minimum atomic E-state index is -0.853. The van der Waals surface area contributed by atoms with Gasteiger partial charge >= 0.3 is 0 Å². The Morgan fingerprint density at radius 3 is 2.58 bits per heavy atom. The van der Waals surface area contributed by atoms with Crippen LogP contribution in [-0.2, 0) is 11.2 Å². The predicted octanol–water partition coefficient (Wildman–Crippen LogP) is 4.31. The standard InChI is InChI=1S/C32H40N4O4/c1-4-33-26-17-25(18-27(20-26)36-15-9-14-31(36)38)32(39)35-29(16-23-10-6-5-7-11-23)30(37)21-34-22(2)24-12-8-13-28(19-24)40-3/h5-8,10-13,17-20,22,29-30,33-34,37H,4,9,14-16,21H2,1-3H3,(H,35,39)/t22-,29?,30+/m0/s1. The third-order valence-electron chi connectivity index (χ3n) is 7.25. The summed E-state index contributed by atoms with van der Waals surface area (Å²) in [6, 6.07) is 22.5. The zero-order valence-electron chi connectivity index (χ0n) is 23.5. The minimum Gasteiger partial charge on any atom is -0.497 e. The maximum absolute atomic E-state index is 13.6. The lowest BCUT2D eigenvalue weighted by Crippen LogP contribution is -2.49. The Labute approximate surface area is 236 Å². The second-order valence-electron chi connectivity index (χ2n) is 10.2. The number of benzene rings is 3. The molecule has 4 N–H and O–H groups in total. The summed E-state index contributed by atoms with van der Waals surface area (Å²) in [5, 5.41) is 21.0. The van der Waals surface area contributed by atoms with E-state index >= 15 is 0 Å². The Hall–Kier alpha value is -3.88. The smallest absolute Gasteiger partial charge is 0.251 e. The number of aliphatic hydroxyl groups excluding tert-OH is 1. The second kappa shape index (κ2) is 14.0. The van der Waals surface area contributed by atoms with Crippen molar-refractivity contribution in [1.29, 1.82) is 0 Å².